The second kappa shape index (κ2) is 39.6. The number of ether oxygens (including phenoxy) is 1. The summed E-state index contributed by atoms with van der Waals surface area (Å²) < 4.78 is 5.33. The number of aliphatic hydroxyl groups excluding tert-OH is 1. The van der Waals surface area contributed by atoms with E-state index in [0.29, 0.717) is 32.2 Å². The van der Waals surface area contributed by atoms with E-state index in [1.165, 1.54) is 87.7 Å². The van der Waals surface area contributed by atoms with Crippen LogP contribution in [0.4, 0.5) is 4.79 Å². The normalized spacial score (nSPS) is 25.3. The first-order valence-electron chi connectivity index (χ1n) is 34.5. The van der Waals surface area contributed by atoms with Gasteiger partial charge in [0.25, 0.3) is 0 Å². The zero-order chi connectivity index (χ0) is 73.6. The minimum absolute atomic E-state index is 0.000728. The number of likely N-dealkylation sites (N-methyl/N-ethyl adjacent to an activating group) is 7. The Morgan fingerprint density at radius 2 is 0.926 bits per heavy atom. The summed E-state index contributed by atoms with van der Waals surface area (Å²) in [4.78, 5) is 182. The number of amides is 12. The minimum Gasteiger partial charge on any atom is -0.444 e. The van der Waals surface area contributed by atoms with Crippen LogP contribution in [-0.2, 0) is 57.5 Å². The number of hydrogen-bond acceptors (Lipinski definition) is 14. The molecule has 12 amide bonds. The number of hydrogen-bond donors (Lipinski definition) is 6. The molecular formula is C69H126N12O14. The molecule has 0 aromatic rings. The molecule has 95 heavy (non-hydrogen) atoms. The summed E-state index contributed by atoms with van der Waals surface area (Å²) in [6.45, 7) is 33.2. The average molecular weight is 1350 g/mol. The van der Waals surface area contributed by atoms with Gasteiger partial charge in [-0.25, -0.2) is 4.79 Å². The lowest BCUT2D eigenvalue weighted by atomic mass is 9.90. The third-order valence-electron chi connectivity index (χ3n) is 17.6. The Morgan fingerprint density at radius 1 is 0.495 bits per heavy atom. The lowest BCUT2D eigenvalue weighted by Gasteiger charge is -2.41. The molecule has 1 fully saturated rings. The Balaban J connectivity index is 4.26. The van der Waals surface area contributed by atoms with Gasteiger partial charge in [-0.2, -0.15) is 0 Å². The first kappa shape index (κ1) is 86.4. The van der Waals surface area contributed by atoms with Crippen LogP contribution in [0.25, 0.3) is 0 Å². The molecule has 0 bridgehead atoms. The fraction of sp³-hybridized carbons (Fsp3) is 0.826. The van der Waals surface area contributed by atoms with E-state index >= 15 is 19.2 Å². The molecule has 6 N–H and O–H groups in total. The van der Waals surface area contributed by atoms with Crippen molar-refractivity contribution in [2.45, 2.75) is 268 Å². The summed E-state index contributed by atoms with van der Waals surface area (Å²) in [5.41, 5.74) is -0.650. The lowest BCUT2D eigenvalue weighted by molar-refractivity contribution is -0.157. The summed E-state index contributed by atoms with van der Waals surface area (Å²) in [5, 5.41) is 26.2. The van der Waals surface area contributed by atoms with Crippen molar-refractivity contribution in [3.63, 3.8) is 0 Å². The number of carbonyl (C=O) groups excluding carboxylic acids is 12. The van der Waals surface area contributed by atoms with Crippen LogP contribution in [0.2, 0.25) is 0 Å². The van der Waals surface area contributed by atoms with E-state index in [9.17, 15) is 43.5 Å². The standard InChI is InChI=1S/C69H126N12O14/c1-27-48-63(89)75(20)38-53(82)76(21)49(34-39(2)3)60(86)74-54(43(10)11)66(92)77(22)50(35-40(4)5)59(85)71-46(15)58(84)72-47(16)62(88)78(23)51(36-41(6)7)64(90)79(24)52(37-42(8)9)65(91)80(25)55(44(12)13)67(93)81(26)56(61(87)73-48)57(83)45(14)32-30-28-29-31-33-70-68(94)95-69(17,18)19/h39-52,54-57,83H,27-38H2,1-26H3,(H,70,94)(H,71,85)(H,72,84)(H,73,87)(H,74,86)/t45-,46-,47+,48+,49+,50-,51+,52+,54-,55+,56+,57-/m1/s1. The number of carbonyl (C=O) groups is 12. The molecule has 26 nitrogen and oxygen atoms in total. The maximum Gasteiger partial charge on any atom is 0.407 e. The summed E-state index contributed by atoms with van der Waals surface area (Å²) >= 11 is 0. The highest BCUT2D eigenvalue weighted by Gasteiger charge is 2.46. The van der Waals surface area contributed by atoms with Crippen molar-refractivity contribution in [2.24, 2.45) is 41.4 Å². The SMILES string of the molecule is CC[C@@H]1NC(=O)[C@H]([C@H](O)[C@H](C)CCCCCCNC(=O)OC(C)(C)C)N(C)C(=O)[C@H](C(C)C)N(C)C(=O)[C@H](CC(C)C)N(C)C(=O)[C@H](CC(C)C)N(C)C(=O)[C@H](C)NC(=O)[C@@H](C)NC(=O)[C@@H](CC(C)C)N(C)C(=O)[C@@H](C(C)C)NC(=O)[C@H](CC(C)C)N(C)C(=O)CN(C)C1=O. The fourth-order valence-corrected chi connectivity index (χ4v) is 11.8. The predicted molar refractivity (Wildman–Crippen MR) is 366 cm³/mol. The Kier molecular flexibility index (Phi) is 36.0. The summed E-state index contributed by atoms with van der Waals surface area (Å²) in [5.74, 6) is -9.97. The number of nitrogens with one attached hydrogen (secondary N) is 5. The first-order valence-corrected chi connectivity index (χ1v) is 34.5. The van der Waals surface area contributed by atoms with E-state index in [1.54, 1.807) is 62.3 Å². The number of aliphatic hydroxyl groups is 1. The van der Waals surface area contributed by atoms with Crippen LogP contribution >= 0.6 is 0 Å². The van der Waals surface area contributed by atoms with Crippen molar-refractivity contribution in [3.8, 4) is 0 Å². The lowest BCUT2D eigenvalue weighted by Crippen LogP contribution is -2.63. The van der Waals surface area contributed by atoms with Gasteiger partial charge < -0.3 is 70.7 Å². The van der Waals surface area contributed by atoms with Gasteiger partial charge in [0.15, 0.2) is 0 Å². The Bertz CT molecular complexity index is 2570. The van der Waals surface area contributed by atoms with Crippen molar-refractivity contribution < 1.29 is 67.4 Å². The van der Waals surface area contributed by atoms with Crippen molar-refractivity contribution >= 4 is 71.1 Å². The maximum absolute atomic E-state index is 15.4. The van der Waals surface area contributed by atoms with Gasteiger partial charge in [-0.1, -0.05) is 116 Å². The fourth-order valence-electron chi connectivity index (χ4n) is 11.8. The number of nitrogens with zero attached hydrogens (tertiary/aromatic N) is 7. The van der Waals surface area contributed by atoms with E-state index in [2.05, 4.69) is 26.6 Å². The molecule has 0 spiro atoms. The number of alkyl carbamates (subject to hydrolysis) is 1. The molecule has 0 radical (unpaired) electrons. The van der Waals surface area contributed by atoms with E-state index in [1.807, 2.05) is 55.4 Å². The molecule has 0 aliphatic carbocycles. The van der Waals surface area contributed by atoms with Crippen LogP contribution in [0.1, 0.15) is 196 Å². The smallest absolute Gasteiger partial charge is 0.407 e. The highest BCUT2D eigenvalue weighted by Crippen LogP contribution is 2.26. The monoisotopic (exact) mass is 1350 g/mol. The van der Waals surface area contributed by atoms with E-state index in [4.69, 9.17) is 4.74 Å². The Hall–Kier alpha value is -6.60. The third kappa shape index (κ3) is 26.7. The maximum atomic E-state index is 15.4. The second-order valence-corrected chi connectivity index (χ2v) is 29.9. The molecule has 0 unspecified atom stereocenters. The Morgan fingerprint density at radius 3 is 1.40 bits per heavy atom. The molecular weight excluding hydrogens is 1220 g/mol. The van der Waals surface area contributed by atoms with Gasteiger partial charge in [0.2, 0.25) is 65.0 Å². The molecule has 546 valence electrons. The third-order valence-corrected chi connectivity index (χ3v) is 17.6. The Labute approximate surface area is 568 Å². The van der Waals surface area contributed by atoms with E-state index in [0.717, 1.165) is 16.2 Å². The molecule has 0 aromatic carbocycles. The molecule has 1 rings (SSSR count). The highest BCUT2D eigenvalue weighted by atomic mass is 16.6. The molecule has 1 saturated heterocycles. The van der Waals surface area contributed by atoms with Gasteiger partial charge in [-0.3, -0.25) is 52.7 Å². The van der Waals surface area contributed by atoms with Gasteiger partial charge in [0.1, 0.15) is 66.0 Å². The number of rotatable bonds is 20. The predicted octanol–water partition coefficient (Wildman–Crippen LogP) is 4.78. The van der Waals surface area contributed by atoms with Crippen LogP contribution in [-0.4, -0.2) is 245 Å². The van der Waals surface area contributed by atoms with Crippen LogP contribution < -0.4 is 26.6 Å². The molecule has 1 heterocycles. The van der Waals surface area contributed by atoms with Crippen LogP contribution in [0.5, 0.6) is 0 Å². The van der Waals surface area contributed by atoms with Crippen molar-refractivity contribution in [2.75, 3.05) is 62.4 Å². The zero-order valence-electron chi connectivity index (χ0n) is 62.8. The van der Waals surface area contributed by atoms with Crippen molar-refractivity contribution in [1.29, 1.82) is 0 Å². The second-order valence-electron chi connectivity index (χ2n) is 29.9. The molecule has 1 aliphatic heterocycles. The highest BCUT2D eigenvalue weighted by molar-refractivity contribution is 5.99. The quantitative estimate of drug-likeness (QED) is 0.0895. The summed E-state index contributed by atoms with van der Waals surface area (Å²) in [6, 6.07) is -12.6. The van der Waals surface area contributed by atoms with E-state index < -0.39 is 167 Å². The molecule has 12 atom stereocenters. The largest absolute Gasteiger partial charge is 0.444 e. The topological polar surface area (TPSA) is 317 Å². The van der Waals surface area contributed by atoms with Crippen molar-refractivity contribution in [3.05, 3.63) is 0 Å². The summed E-state index contributed by atoms with van der Waals surface area (Å²) in [7, 11) is 9.90. The van der Waals surface area contributed by atoms with Gasteiger partial charge in [0.05, 0.1) is 12.6 Å². The van der Waals surface area contributed by atoms with Crippen LogP contribution in [0.3, 0.4) is 0 Å². The van der Waals surface area contributed by atoms with Crippen molar-refractivity contribution in [1.82, 2.24) is 60.9 Å². The number of unbranched alkanes of at least 4 members (excludes halogenated alkanes) is 3. The molecule has 1 aliphatic rings. The van der Waals surface area contributed by atoms with Gasteiger partial charge in [-0.15, -0.1) is 0 Å². The molecule has 0 saturated carbocycles. The van der Waals surface area contributed by atoms with E-state index in [-0.39, 0.29) is 55.8 Å². The van der Waals surface area contributed by atoms with Gasteiger partial charge in [0, 0.05) is 55.9 Å². The molecule has 0 aromatic heterocycles. The minimum atomic E-state index is -1.65. The summed E-state index contributed by atoms with van der Waals surface area (Å²) in [6.07, 6.45) is 1.56. The van der Waals surface area contributed by atoms with Crippen LogP contribution in [0, 0.1) is 41.4 Å². The molecule has 26 heteroatoms. The zero-order valence-corrected chi connectivity index (χ0v) is 62.8. The van der Waals surface area contributed by atoms with Gasteiger partial charge in [-0.05, 0) is 121 Å². The first-order chi connectivity index (χ1) is 43.7. The van der Waals surface area contributed by atoms with Crippen LogP contribution in [0.15, 0.2) is 0 Å². The van der Waals surface area contributed by atoms with Gasteiger partial charge >= 0.3 is 6.09 Å². The average Bonchev–Trinajstić information content (AvgIpc) is 0.811.